The van der Waals surface area contributed by atoms with Gasteiger partial charge in [-0.05, 0) is 29.8 Å². The molecule has 0 aliphatic heterocycles. The van der Waals surface area contributed by atoms with Crippen LogP contribution in [0.15, 0.2) is 48.5 Å². The van der Waals surface area contributed by atoms with Crippen molar-refractivity contribution in [3.05, 3.63) is 54.1 Å². The van der Waals surface area contributed by atoms with E-state index < -0.39 is 0 Å². The molecule has 88 valence electrons. The highest BCUT2D eigenvalue weighted by atomic mass is 16.5. The monoisotopic (exact) mass is 228 g/mol. The lowest BCUT2D eigenvalue weighted by molar-refractivity contribution is 0.417. The molecule has 3 N–H and O–H groups in total. The zero-order valence-electron chi connectivity index (χ0n) is 9.81. The van der Waals surface area contributed by atoms with E-state index in [9.17, 15) is 0 Å². The normalized spacial score (nSPS) is 10.0. The van der Waals surface area contributed by atoms with Gasteiger partial charge in [0.15, 0.2) is 0 Å². The van der Waals surface area contributed by atoms with Crippen LogP contribution in [0.2, 0.25) is 0 Å². The van der Waals surface area contributed by atoms with Crippen LogP contribution in [0.3, 0.4) is 0 Å². The van der Waals surface area contributed by atoms with Crippen LogP contribution in [0, 0.1) is 0 Å². The highest BCUT2D eigenvalue weighted by Crippen LogP contribution is 2.26. The first-order valence-electron chi connectivity index (χ1n) is 5.52. The average Bonchev–Trinajstić information content (AvgIpc) is 2.40. The molecule has 0 fully saturated rings. The Balaban J connectivity index is 2.19. The molecule has 0 aromatic heterocycles. The van der Waals surface area contributed by atoms with Gasteiger partial charge >= 0.3 is 0 Å². The van der Waals surface area contributed by atoms with Crippen molar-refractivity contribution in [2.45, 2.75) is 6.54 Å². The molecule has 0 amide bonds. The summed E-state index contributed by atoms with van der Waals surface area (Å²) >= 11 is 0. The highest BCUT2D eigenvalue weighted by molar-refractivity contribution is 5.66. The number of hydrogen-bond donors (Lipinski definition) is 2. The molecule has 0 saturated carbocycles. The molecule has 0 aliphatic rings. The largest absolute Gasteiger partial charge is 0.495 e. The minimum Gasteiger partial charge on any atom is -0.495 e. The van der Waals surface area contributed by atoms with Gasteiger partial charge in [-0.3, -0.25) is 0 Å². The molecular formula is C14H16N2O. The summed E-state index contributed by atoms with van der Waals surface area (Å²) < 4.78 is 5.28. The maximum absolute atomic E-state index is 5.56. The van der Waals surface area contributed by atoms with Crippen LogP contribution < -0.4 is 15.8 Å². The molecule has 0 saturated heterocycles. The van der Waals surface area contributed by atoms with Gasteiger partial charge in [-0.25, -0.2) is 0 Å². The van der Waals surface area contributed by atoms with E-state index in [2.05, 4.69) is 5.32 Å². The Kier molecular flexibility index (Phi) is 3.62. The predicted molar refractivity (Wildman–Crippen MR) is 70.6 cm³/mol. The van der Waals surface area contributed by atoms with Crippen molar-refractivity contribution in [3.63, 3.8) is 0 Å². The van der Waals surface area contributed by atoms with Crippen LogP contribution in [0.4, 0.5) is 11.4 Å². The second kappa shape index (κ2) is 5.37. The zero-order valence-corrected chi connectivity index (χ0v) is 9.81. The lowest BCUT2D eigenvalue weighted by Gasteiger charge is -2.11. The molecule has 2 aromatic carbocycles. The molecule has 0 unspecified atom stereocenters. The second-order valence-electron chi connectivity index (χ2n) is 3.73. The number of para-hydroxylation sites is 2. The Hall–Kier alpha value is -2.00. The molecule has 0 aliphatic carbocycles. The number of hydrogen-bond acceptors (Lipinski definition) is 3. The number of methoxy groups -OCH3 is 1. The summed E-state index contributed by atoms with van der Waals surface area (Å²) in [6.07, 6.45) is 0. The molecule has 0 spiro atoms. The SMILES string of the molecule is COc1ccccc1Nc1ccc(CN)cc1. The van der Waals surface area contributed by atoms with Crippen LogP contribution in [0.5, 0.6) is 5.75 Å². The maximum Gasteiger partial charge on any atom is 0.142 e. The zero-order chi connectivity index (χ0) is 12.1. The molecule has 0 atom stereocenters. The van der Waals surface area contributed by atoms with E-state index in [1.807, 2.05) is 48.5 Å². The summed E-state index contributed by atoms with van der Waals surface area (Å²) in [6.45, 7) is 0.564. The number of benzene rings is 2. The maximum atomic E-state index is 5.56. The lowest BCUT2D eigenvalue weighted by Crippen LogP contribution is -1.97. The van der Waals surface area contributed by atoms with Gasteiger partial charge in [-0.2, -0.15) is 0 Å². The van der Waals surface area contributed by atoms with Crippen molar-refractivity contribution in [2.24, 2.45) is 5.73 Å². The smallest absolute Gasteiger partial charge is 0.142 e. The Morgan fingerprint density at radius 1 is 1.06 bits per heavy atom. The lowest BCUT2D eigenvalue weighted by atomic mass is 10.2. The summed E-state index contributed by atoms with van der Waals surface area (Å²) in [4.78, 5) is 0. The fourth-order valence-corrected chi connectivity index (χ4v) is 1.63. The van der Waals surface area contributed by atoms with E-state index in [1.54, 1.807) is 7.11 Å². The highest BCUT2D eigenvalue weighted by Gasteiger charge is 2.01. The Bertz CT molecular complexity index is 480. The van der Waals surface area contributed by atoms with E-state index in [0.717, 1.165) is 22.7 Å². The molecule has 2 rings (SSSR count). The van der Waals surface area contributed by atoms with Gasteiger partial charge in [0.1, 0.15) is 5.75 Å². The van der Waals surface area contributed by atoms with Gasteiger partial charge in [-0.1, -0.05) is 24.3 Å². The molecule has 3 nitrogen and oxygen atoms in total. The van der Waals surface area contributed by atoms with Gasteiger partial charge in [0, 0.05) is 12.2 Å². The molecular weight excluding hydrogens is 212 g/mol. The van der Waals surface area contributed by atoms with Gasteiger partial charge in [-0.15, -0.1) is 0 Å². The third-order valence-corrected chi connectivity index (χ3v) is 2.58. The van der Waals surface area contributed by atoms with Crippen LogP contribution in [0.1, 0.15) is 5.56 Å². The van der Waals surface area contributed by atoms with Gasteiger partial charge < -0.3 is 15.8 Å². The Morgan fingerprint density at radius 3 is 2.41 bits per heavy atom. The second-order valence-corrected chi connectivity index (χ2v) is 3.73. The number of nitrogens with one attached hydrogen (secondary N) is 1. The molecule has 0 radical (unpaired) electrons. The van der Waals surface area contributed by atoms with E-state index in [4.69, 9.17) is 10.5 Å². The van der Waals surface area contributed by atoms with E-state index >= 15 is 0 Å². The van der Waals surface area contributed by atoms with Gasteiger partial charge in [0.2, 0.25) is 0 Å². The minimum absolute atomic E-state index is 0.564. The summed E-state index contributed by atoms with van der Waals surface area (Å²) in [5, 5.41) is 3.31. The van der Waals surface area contributed by atoms with Crippen molar-refractivity contribution in [1.82, 2.24) is 0 Å². The number of nitrogens with two attached hydrogens (primary N) is 1. The average molecular weight is 228 g/mol. The van der Waals surface area contributed by atoms with Gasteiger partial charge in [0.25, 0.3) is 0 Å². The predicted octanol–water partition coefficient (Wildman–Crippen LogP) is 2.90. The van der Waals surface area contributed by atoms with Crippen LogP contribution in [0.25, 0.3) is 0 Å². The van der Waals surface area contributed by atoms with E-state index in [1.165, 1.54) is 0 Å². The third-order valence-electron chi connectivity index (χ3n) is 2.58. The fourth-order valence-electron chi connectivity index (χ4n) is 1.63. The molecule has 17 heavy (non-hydrogen) atoms. The first-order chi connectivity index (χ1) is 8.33. The van der Waals surface area contributed by atoms with Gasteiger partial charge in [0.05, 0.1) is 12.8 Å². The fraction of sp³-hybridized carbons (Fsp3) is 0.143. The molecule has 0 heterocycles. The molecule has 2 aromatic rings. The summed E-state index contributed by atoms with van der Waals surface area (Å²) in [6, 6.07) is 15.9. The Labute approximate surface area is 101 Å². The number of rotatable bonds is 4. The molecule has 0 bridgehead atoms. The Morgan fingerprint density at radius 2 is 1.76 bits per heavy atom. The van der Waals surface area contributed by atoms with E-state index in [-0.39, 0.29) is 0 Å². The van der Waals surface area contributed by atoms with Crippen molar-refractivity contribution >= 4 is 11.4 Å². The first kappa shape index (κ1) is 11.5. The third kappa shape index (κ3) is 2.77. The van der Waals surface area contributed by atoms with Crippen molar-refractivity contribution in [1.29, 1.82) is 0 Å². The molecule has 3 heteroatoms. The topological polar surface area (TPSA) is 47.3 Å². The van der Waals surface area contributed by atoms with Crippen molar-refractivity contribution < 1.29 is 4.74 Å². The number of ether oxygens (including phenoxy) is 1. The van der Waals surface area contributed by atoms with Crippen LogP contribution in [-0.2, 0) is 6.54 Å². The number of anilines is 2. The summed E-state index contributed by atoms with van der Waals surface area (Å²) in [5.41, 5.74) is 8.65. The van der Waals surface area contributed by atoms with Crippen molar-refractivity contribution in [3.8, 4) is 5.75 Å². The van der Waals surface area contributed by atoms with E-state index in [0.29, 0.717) is 6.54 Å². The standard InChI is InChI=1S/C14H16N2O/c1-17-14-5-3-2-4-13(14)16-12-8-6-11(10-15)7-9-12/h2-9,16H,10,15H2,1H3. The summed E-state index contributed by atoms with van der Waals surface area (Å²) in [7, 11) is 1.66. The van der Waals surface area contributed by atoms with Crippen LogP contribution >= 0.6 is 0 Å². The van der Waals surface area contributed by atoms with Crippen molar-refractivity contribution in [2.75, 3.05) is 12.4 Å². The van der Waals surface area contributed by atoms with Crippen LogP contribution in [-0.4, -0.2) is 7.11 Å². The summed E-state index contributed by atoms with van der Waals surface area (Å²) in [5.74, 6) is 0.829. The quantitative estimate of drug-likeness (QED) is 0.845. The first-order valence-corrected chi connectivity index (χ1v) is 5.52. The minimum atomic E-state index is 0.564.